The van der Waals surface area contributed by atoms with Crippen molar-refractivity contribution in [3.05, 3.63) is 59.7 Å². The number of ether oxygens (including phenoxy) is 2. The van der Waals surface area contributed by atoms with Crippen LogP contribution in [-0.2, 0) is 6.42 Å². The minimum atomic E-state index is -0.441. The number of aryl methyl sites for hydroxylation is 1. The molecule has 0 saturated carbocycles. The predicted molar refractivity (Wildman–Crippen MR) is 83.9 cm³/mol. The predicted octanol–water partition coefficient (Wildman–Crippen LogP) is 3.76. The minimum absolute atomic E-state index is 0.441. The molecule has 0 spiro atoms. The van der Waals surface area contributed by atoms with Gasteiger partial charge in [0.2, 0.25) is 0 Å². The van der Waals surface area contributed by atoms with Crippen LogP contribution in [0.2, 0.25) is 0 Å². The fraction of sp³-hybridized carbons (Fsp3) is 0.333. The molecule has 3 heteroatoms. The molecule has 0 heterocycles. The molecule has 0 aromatic heterocycles. The number of methoxy groups -OCH3 is 1. The van der Waals surface area contributed by atoms with Crippen LogP contribution >= 0.6 is 0 Å². The summed E-state index contributed by atoms with van der Waals surface area (Å²) in [5.74, 6) is 1.50. The van der Waals surface area contributed by atoms with Gasteiger partial charge in [0.1, 0.15) is 0 Å². The third kappa shape index (κ3) is 4.23. The molecule has 1 N–H and O–H groups in total. The second-order valence-electron chi connectivity index (χ2n) is 4.88. The average Bonchev–Trinajstić information content (AvgIpc) is 2.54. The van der Waals surface area contributed by atoms with Gasteiger partial charge in [-0.3, -0.25) is 0 Å². The highest BCUT2D eigenvalue weighted by molar-refractivity contribution is 5.43. The number of aliphatic hydroxyl groups is 1. The molecule has 0 amide bonds. The molecule has 0 bridgehead atoms. The number of benzene rings is 2. The molecule has 1 atom stereocenters. The zero-order valence-electron chi connectivity index (χ0n) is 12.6. The molecule has 0 aliphatic heterocycles. The van der Waals surface area contributed by atoms with Crippen LogP contribution in [0, 0.1) is 0 Å². The Morgan fingerprint density at radius 2 is 1.81 bits per heavy atom. The third-order valence-corrected chi connectivity index (χ3v) is 3.42. The Bertz CT molecular complexity index is 552. The van der Waals surface area contributed by atoms with Gasteiger partial charge in [0.05, 0.1) is 19.8 Å². The number of rotatable bonds is 7. The molecule has 0 aliphatic rings. The second kappa shape index (κ2) is 7.70. The van der Waals surface area contributed by atoms with Crippen molar-refractivity contribution in [2.75, 3.05) is 13.7 Å². The summed E-state index contributed by atoms with van der Waals surface area (Å²) in [6.45, 7) is 2.56. The van der Waals surface area contributed by atoms with E-state index in [1.165, 1.54) is 0 Å². The van der Waals surface area contributed by atoms with Crippen LogP contribution in [-0.4, -0.2) is 18.8 Å². The SMILES string of the molecule is CCOc1ccc(CCC(O)c2ccccc2)cc1OC. The maximum Gasteiger partial charge on any atom is 0.161 e. The van der Waals surface area contributed by atoms with Crippen molar-refractivity contribution >= 4 is 0 Å². The maximum absolute atomic E-state index is 10.2. The Morgan fingerprint density at radius 3 is 2.48 bits per heavy atom. The van der Waals surface area contributed by atoms with Gasteiger partial charge < -0.3 is 14.6 Å². The van der Waals surface area contributed by atoms with Crippen molar-refractivity contribution in [2.24, 2.45) is 0 Å². The van der Waals surface area contributed by atoms with E-state index in [9.17, 15) is 5.11 Å². The average molecular weight is 286 g/mol. The van der Waals surface area contributed by atoms with Gasteiger partial charge >= 0.3 is 0 Å². The van der Waals surface area contributed by atoms with Crippen molar-refractivity contribution in [3.8, 4) is 11.5 Å². The molecule has 3 nitrogen and oxygen atoms in total. The molecule has 0 saturated heterocycles. The van der Waals surface area contributed by atoms with E-state index in [-0.39, 0.29) is 0 Å². The normalized spacial score (nSPS) is 12.0. The largest absolute Gasteiger partial charge is 0.493 e. The lowest BCUT2D eigenvalue weighted by molar-refractivity contribution is 0.168. The summed E-state index contributed by atoms with van der Waals surface area (Å²) in [6, 6.07) is 15.7. The molecule has 2 aromatic rings. The van der Waals surface area contributed by atoms with E-state index in [1.807, 2.05) is 55.5 Å². The summed E-state index contributed by atoms with van der Waals surface area (Å²) >= 11 is 0. The molecule has 1 unspecified atom stereocenters. The van der Waals surface area contributed by atoms with Gasteiger partial charge in [-0.1, -0.05) is 36.4 Å². The molecule has 21 heavy (non-hydrogen) atoms. The van der Waals surface area contributed by atoms with E-state index in [1.54, 1.807) is 7.11 Å². The van der Waals surface area contributed by atoms with Crippen LogP contribution in [0.1, 0.15) is 30.6 Å². The number of hydrogen-bond donors (Lipinski definition) is 1. The highest BCUT2D eigenvalue weighted by atomic mass is 16.5. The lowest BCUT2D eigenvalue weighted by atomic mass is 10.0. The number of hydrogen-bond acceptors (Lipinski definition) is 3. The first-order valence-electron chi connectivity index (χ1n) is 7.27. The van der Waals surface area contributed by atoms with Crippen molar-refractivity contribution in [1.82, 2.24) is 0 Å². The minimum Gasteiger partial charge on any atom is -0.493 e. The van der Waals surface area contributed by atoms with Crippen LogP contribution in [0.3, 0.4) is 0 Å². The Hall–Kier alpha value is -2.00. The van der Waals surface area contributed by atoms with E-state index in [0.717, 1.165) is 29.0 Å². The van der Waals surface area contributed by atoms with Crippen molar-refractivity contribution in [2.45, 2.75) is 25.9 Å². The Balaban J connectivity index is 2.00. The molecule has 0 fully saturated rings. The summed E-state index contributed by atoms with van der Waals surface area (Å²) in [5, 5.41) is 10.2. The van der Waals surface area contributed by atoms with Gasteiger partial charge in [-0.05, 0) is 43.0 Å². The second-order valence-corrected chi connectivity index (χ2v) is 4.88. The summed E-state index contributed by atoms with van der Waals surface area (Å²) < 4.78 is 10.8. The lowest BCUT2D eigenvalue weighted by Gasteiger charge is -2.13. The number of aliphatic hydroxyl groups excluding tert-OH is 1. The van der Waals surface area contributed by atoms with E-state index in [0.29, 0.717) is 13.0 Å². The summed E-state index contributed by atoms with van der Waals surface area (Å²) in [4.78, 5) is 0. The van der Waals surface area contributed by atoms with Gasteiger partial charge in [0.25, 0.3) is 0 Å². The monoisotopic (exact) mass is 286 g/mol. The van der Waals surface area contributed by atoms with Gasteiger partial charge in [-0.2, -0.15) is 0 Å². The van der Waals surface area contributed by atoms with Crippen LogP contribution in [0.25, 0.3) is 0 Å². The highest BCUT2D eigenvalue weighted by Gasteiger charge is 2.09. The summed E-state index contributed by atoms with van der Waals surface area (Å²) in [6.07, 6.45) is 1.03. The van der Waals surface area contributed by atoms with Gasteiger partial charge in [0, 0.05) is 0 Å². The topological polar surface area (TPSA) is 38.7 Å². The Morgan fingerprint density at radius 1 is 1.05 bits per heavy atom. The fourth-order valence-electron chi connectivity index (χ4n) is 2.29. The molecule has 2 aromatic carbocycles. The summed E-state index contributed by atoms with van der Waals surface area (Å²) in [7, 11) is 1.64. The standard InChI is InChI=1S/C18H22O3/c1-3-21-17-12-10-14(13-18(17)20-2)9-11-16(19)15-7-5-4-6-8-15/h4-8,10,12-13,16,19H,3,9,11H2,1-2H3. The Kier molecular flexibility index (Phi) is 5.64. The van der Waals surface area contributed by atoms with Crippen molar-refractivity contribution in [3.63, 3.8) is 0 Å². The van der Waals surface area contributed by atoms with Gasteiger partial charge in [0.15, 0.2) is 11.5 Å². The first kappa shape index (κ1) is 15.4. The molecule has 112 valence electrons. The van der Waals surface area contributed by atoms with Crippen LogP contribution < -0.4 is 9.47 Å². The zero-order valence-corrected chi connectivity index (χ0v) is 12.6. The van der Waals surface area contributed by atoms with E-state index >= 15 is 0 Å². The van der Waals surface area contributed by atoms with E-state index in [4.69, 9.17) is 9.47 Å². The van der Waals surface area contributed by atoms with E-state index in [2.05, 4.69) is 0 Å². The van der Waals surface area contributed by atoms with Crippen LogP contribution in [0.15, 0.2) is 48.5 Å². The highest BCUT2D eigenvalue weighted by Crippen LogP contribution is 2.29. The van der Waals surface area contributed by atoms with Crippen LogP contribution in [0.4, 0.5) is 0 Å². The summed E-state index contributed by atoms with van der Waals surface area (Å²) in [5.41, 5.74) is 2.08. The van der Waals surface area contributed by atoms with Gasteiger partial charge in [-0.25, -0.2) is 0 Å². The molecular weight excluding hydrogens is 264 g/mol. The zero-order chi connectivity index (χ0) is 15.1. The molecular formula is C18H22O3. The first-order chi connectivity index (χ1) is 10.2. The van der Waals surface area contributed by atoms with Crippen LogP contribution in [0.5, 0.6) is 11.5 Å². The fourth-order valence-corrected chi connectivity index (χ4v) is 2.29. The van der Waals surface area contributed by atoms with E-state index < -0.39 is 6.10 Å². The van der Waals surface area contributed by atoms with Gasteiger partial charge in [-0.15, -0.1) is 0 Å². The Labute approximate surface area is 126 Å². The molecule has 2 rings (SSSR count). The molecule has 0 aliphatic carbocycles. The van der Waals surface area contributed by atoms with Crippen molar-refractivity contribution < 1.29 is 14.6 Å². The lowest BCUT2D eigenvalue weighted by Crippen LogP contribution is -2.00. The third-order valence-electron chi connectivity index (χ3n) is 3.42. The maximum atomic E-state index is 10.2. The smallest absolute Gasteiger partial charge is 0.161 e. The quantitative estimate of drug-likeness (QED) is 0.842. The molecule has 0 radical (unpaired) electrons. The first-order valence-corrected chi connectivity index (χ1v) is 7.27. The van der Waals surface area contributed by atoms with Crippen molar-refractivity contribution in [1.29, 1.82) is 0 Å².